The van der Waals surface area contributed by atoms with Gasteiger partial charge in [0.1, 0.15) is 0 Å². The minimum absolute atomic E-state index is 0.0790. The molecule has 1 aliphatic rings. The van der Waals surface area contributed by atoms with E-state index in [1.807, 2.05) is 7.05 Å². The molecule has 0 aliphatic carbocycles. The van der Waals surface area contributed by atoms with E-state index in [1.54, 1.807) is 6.07 Å². The highest BCUT2D eigenvalue weighted by Crippen LogP contribution is 2.22. The molecule has 0 saturated carbocycles. The predicted octanol–water partition coefficient (Wildman–Crippen LogP) is 1.52. The summed E-state index contributed by atoms with van der Waals surface area (Å²) in [4.78, 5) is 20.1. The van der Waals surface area contributed by atoms with Crippen LogP contribution in [0.4, 0.5) is 11.6 Å². The van der Waals surface area contributed by atoms with Gasteiger partial charge in [-0.3, -0.25) is 10.1 Å². The minimum Gasteiger partial charge on any atom is -0.345 e. The third-order valence-electron chi connectivity index (χ3n) is 3.72. The molecule has 1 atom stereocenters. The van der Waals surface area contributed by atoms with Crippen molar-refractivity contribution >= 4 is 22.7 Å². The maximum absolute atomic E-state index is 10.8. The number of benzene rings is 1. The number of hydrogen-bond donors (Lipinski definition) is 2. The van der Waals surface area contributed by atoms with Gasteiger partial charge in [0.25, 0.3) is 5.69 Å². The molecule has 1 unspecified atom stereocenters. The molecule has 2 N–H and O–H groups in total. The van der Waals surface area contributed by atoms with E-state index in [2.05, 4.69) is 20.2 Å². The topological polar surface area (TPSA) is 87.1 Å². The lowest BCUT2D eigenvalue weighted by Crippen LogP contribution is -2.27. The van der Waals surface area contributed by atoms with Crippen LogP contribution in [0.25, 0.3) is 11.0 Å². The van der Waals surface area contributed by atoms with Crippen LogP contribution in [-0.4, -0.2) is 41.6 Å². The number of aromatic amines is 1. The van der Waals surface area contributed by atoms with Crippen LogP contribution < -0.4 is 10.2 Å². The lowest BCUT2D eigenvalue weighted by atomic mass is 10.1. The van der Waals surface area contributed by atoms with E-state index < -0.39 is 4.92 Å². The molecule has 1 aliphatic heterocycles. The molecule has 1 aromatic carbocycles. The summed E-state index contributed by atoms with van der Waals surface area (Å²) >= 11 is 0. The van der Waals surface area contributed by atoms with Gasteiger partial charge in [-0.15, -0.1) is 0 Å². The molecule has 0 bridgehead atoms. The summed E-state index contributed by atoms with van der Waals surface area (Å²) in [5.74, 6) is 1.38. The number of nitrogens with zero attached hydrogens (tertiary/aromatic N) is 3. The largest absolute Gasteiger partial charge is 0.345 e. The summed E-state index contributed by atoms with van der Waals surface area (Å²) in [5.41, 5.74) is 1.53. The Labute approximate surface area is 116 Å². The lowest BCUT2D eigenvalue weighted by Gasteiger charge is -2.19. The van der Waals surface area contributed by atoms with Crippen LogP contribution in [0, 0.1) is 16.0 Å². The van der Waals surface area contributed by atoms with Crippen molar-refractivity contribution in [1.29, 1.82) is 0 Å². The number of fused-ring (bicyclic) bond motifs is 1. The fraction of sp³-hybridized carbons (Fsp3) is 0.462. The number of non-ortho nitro benzene ring substituents is 1. The molecule has 2 aromatic rings. The molecule has 20 heavy (non-hydrogen) atoms. The summed E-state index contributed by atoms with van der Waals surface area (Å²) < 4.78 is 0. The number of aromatic nitrogens is 2. The van der Waals surface area contributed by atoms with Crippen molar-refractivity contribution in [2.75, 3.05) is 31.6 Å². The monoisotopic (exact) mass is 275 g/mol. The summed E-state index contributed by atoms with van der Waals surface area (Å²) in [6.45, 7) is 3.04. The van der Waals surface area contributed by atoms with Gasteiger partial charge in [-0.25, -0.2) is 4.98 Å². The van der Waals surface area contributed by atoms with Crippen LogP contribution in [0.2, 0.25) is 0 Å². The van der Waals surface area contributed by atoms with Crippen molar-refractivity contribution in [2.24, 2.45) is 5.92 Å². The van der Waals surface area contributed by atoms with Crippen LogP contribution >= 0.6 is 0 Å². The standard InChI is InChI=1S/C13H17N5O2/c1-17(8-9-4-5-14-7-9)13-15-11-3-2-10(18(19)20)6-12(11)16-13/h2-3,6,9,14H,4-5,7-8H2,1H3,(H,15,16). The molecular formula is C13H17N5O2. The van der Waals surface area contributed by atoms with E-state index in [1.165, 1.54) is 18.6 Å². The Balaban J connectivity index is 1.82. The van der Waals surface area contributed by atoms with E-state index in [-0.39, 0.29) is 5.69 Å². The molecule has 2 heterocycles. The molecular weight excluding hydrogens is 258 g/mol. The van der Waals surface area contributed by atoms with Gasteiger partial charge in [0.15, 0.2) is 0 Å². The van der Waals surface area contributed by atoms with Crippen molar-refractivity contribution in [2.45, 2.75) is 6.42 Å². The highest BCUT2D eigenvalue weighted by molar-refractivity contribution is 5.80. The van der Waals surface area contributed by atoms with Gasteiger partial charge < -0.3 is 15.2 Å². The molecule has 106 valence electrons. The number of hydrogen-bond acceptors (Lipinski definition) is 5. The summed E-state index contributed by atoms with van der Waals surface area (Å²) in [7, 11) is 1.99. The van der Waals surface area contributed by atoms with Crippen LogP contribution in [0.15, 0.2) is 18.2 Å². The maximum Gasteiger partial charge on any atom is 0.271 e. The number of anilines is 1. The minimum atomic E-state index is -0.395. The average molecular weight is 275 g/mol. The Kier molecular flexibility index (Phi) is 3.27. The Morgan fingerprint density at radius 1 is 1.55 bits per heavy atom. The van der Waals surface area contributed by atoms with Crippen molar-refractivity contribution in [3.8, 4) is 0 Å². The zero-order chi connectivity index (χ0) is 14.1. The molecule has 3 rings (SSSR count). The number of imidazole rings is 1. The van der Waals surface area contributed by atoms with Crippen molar-refractivity contribution in [3.63, 3.8) is 0 Å². The summed E-state index contributed by atoms with van der Waals surface area (Å²) in [5, 5.41) is 14.1. The van der Waals surface area contributed by atoms with Crippen LogP contribution in [0.1, 0.15) is 6.42 Å². The maximum atomic E-state index is 10.8. The molecule has 1 aromatic heterocycles. The molecule has 0 radical (unpaired) electrons. The van der Waals surface area contributed by atoms with Crippen molar-refractivity contribution in [1.82, 2.24) is 15.3 Å². The molecule has 1 fully saturated rings. The van der Waals surface area contributed by atoms with Gasteiger partial charge in [-0.2, -0.15) is 0 Å². The molecule has 7 nitrogen and oxygen atoms in total. The van der Waals surface area contributed by atoms with Gasteiger partial charge in [0.05, 0.1) is 16.0 Å². The lowest BCUT2D eigenvalue weighted by molar-refractivity contribution is -0.384. The first kappa shape index (κ1) is 12.9. The second kappa shape index (κ2) is 5.09. The highest BCUT2D eigenvalue weighted by atomic mass is 16.6. The number of nitro benzene ring substituents is 1. The van der Waals surface area contributed by atoms with Gasteiger partial charge in [0.2, 0.25) is 5.95 Å². The van der Waals surface area contributed by atoms with Gasteiger partial charge in [0, 0.05) is 25.7 Å². The highest BCUT2D eigenvalue weighted by Gasteiger charge is 2.18. The first-order chi connectivity index (χ1) is 9.63. The van der Waals surface area contributed by atoms with Crippen molar-refractivity contribution < 1.29 is 4.92 Å². The van der Waals surface area contributed by atoms with Crippen LogP contribution in [0.5, 0.6) is 0 Å². The van der Waals surface area contributed by atoms with E-state index in [0.717, 1.165) is 31.1 Å². The number of nitrogens with one attached hydrogen (secondary N) is 2. The zero-order valence-electron chi connectivity index (χ0n) is 11.3. The molecule has 7 heteroatoms. The first-order valence-electron chi connectivity index (χ1n) is 6.69. The fourth-order valence-corrected chi connectivity index (χ4v) is 2.62. The Hall–Kier alpha value is -2.15. The number of rotatable bonds is 4. The smallest absolute Gasteiger partial charge is 0.271 e. The molecule has 1 saturated heterocycles. The predicted molar refractivity (Wildman–Crippen MR) is 77.0 cm³/mol. The second-order valence-corrected chi connectivity index (χ2v) is 5.26. The fourth-order valence-electron chi connectivity index (χ4n) is 2.62. The van der Waals surface area contributed by atoms with Crippen LogP contribution in [-0.2, 0) is 0 Å². The average Bonchev–Trinajstić information content (AvgIpc) is 3.05. The normalized spacial score (nSPS) is 18.6. The van der Waals surface area contributed by atoms with Gasteiger partial charge in [-0.1, -0.05) is 0 Å². The summed E-state index contributed by atoms with van der Waals surface area (Å²) in [6, 6.07) is 4.68. The van der Waals surface area contributed by atoms with Gasteiger partial charge in [-0.05, 0) is 31.5 Å². The zero-order valence-corrected chi connectivity index (χ0v) is 11.3. The van der Waals surface area contributed by atoms with E-state index in [4.69, 9.17) is 0 Å². The van der Waals surface area contributed by atoms with Crippen LogP contribution in [0.3, 0.4) is 0 Å². The number of nitro groups is 1. The SMILES string of the molecule is CN(CC1CCNC1)c1nc2ccc([N+](=O)[O-])cc2[nH]1. The van der Waals surface area contributed by atoms with Gasteiger partial charge >= 0.3 is 0 Å². The van der Waals surface area contributed by atoms with E-state index in [9.17, 15) is 10.1 Å². The number of H-pyrrole nitrogens is 1. The third-order valence-corrected chi connectivity index (χ3v) is 3.72. The van der Waals surface area contributed by atoms with E-state index >= 15 is 0 Å². The third kappa shape index (κ3) is 2.44. The Morgan fingerprint density at radius 3 is 3.10 bits per heavy atom. The Bertz CT molecular complexity index is 633. The van der Waals surface area contributed by atoms with E-state index in [0.29, 0.717) is 11.4 Å². The quantitative estimate of drug-likeness (QED) is 0.652. The van der Waals surface area contributed by atoms with Crippen molar-refractivity contribution in [3.05, 3.63) is 28.3 Å². The summed E-state index contributed by atoms with van der Waals surface area (Å²) in [6.07, 6.45) is 1.18. The first-order valence-corrected chi connectivity index (χ1v) is 6.69. The molecule has 0 spiro atoms. The molecule has 0 amide bonds. The second-order valence-electron chi connectivity index (χ2n) is 5.26. The Morgan fingerprint density at radius 2 is 2.40 bits per heavy atom.